The minimum Gasteiger partial charge on any atom is -0.455 e. The lowest BCUT2D eigenvalue weighted by molar-refractivity contribution is 0.664. The van der Waals surface area contributed by atoms with Crippen molar-refractivity contribution in [3.63, 3.8) is 0 Å². The Hall–Kier alpha value is -7.83. The van der Waals surface area contributed by atoms with E-state index >= 15 is 0 Å². The highest BCUT2D eigenvalue weighted by Crippen LogP contribution is 2.45. The smallest absolute Gasteiger partial charge is 0.167 e. The van der Waals surface area contributed by atoms with E-state index in [-0.39, 0.29) is 0 Å². The third kappa shape index (κ3) is 4.87. The molecule has 0 radical (unpaired) electrons. The fourth-order valence-electron chi connectivity index (χ4n) is 8.34. The molecular formula is C51H29N3O3. The van der Waals surface area contributed by atoms with Crippen LogP contribution in [0.4, 0.5) is 0 Å². The van der Waals surface area contributed by atoms with Crippen LogP contribution in [0.3, 0.4) is 0 Å². The molecule has 0 amide bonds. The summed E-state index contributed by atoms with van der Waals surface area (Å²) in [5, 5.41) is 6.22. The van der Waals surface area contributed by atoms with Gasteiger partial charge in [0.1, 0.15) is 33.5 Å². The van der Waals surface area contributed by atoms with Crippen molar-refractivity contribution in [1.29, 1.82) is 0 Å². The summed E-state index contributed by atoms with van der Waals surface area (Å²) in [5.74, 6) is 1.74. The second-order valence-corrected chi connectivity index (χ2v) is 14.3. The Morgan fingerprint density at radius 3 is 1.05 bits per heavy atom. The fraction of sp³-hybridized carbons (Fsp3) is 0. The molecule has 0 unspecified atom stereocenters. The molecule has 0 bridgehead atoms. The first-order chi connectivity index (χ1) is 28.3. The highest BCUT2D eigenvalue weighted by atomic mass is 16.3. The largest absolute Gasteiger partial charge is 0.455 e. The van der Waals surface area contributed by atoms with Crippen molar-refractivity contribution in [3.05, 3.63) is 176 Å². The summed E-state index contributed by atoms with van der Waals surface area (Å²) in [6.07, 6.45) is 0. The van der Waals surface area contributed by atoms with Gasteiger partial charge in [0.05, 0.1) is 5.56 Å². The minimum absolute atomic E-state index is 0.542. The van der Waals surface area contributed by atoms with E-state index in [1.807, 2.05) is 91.0 Å². The second-order valence-electron chi connectivity index (χ2n) is 14.3. The number of rotatable bonds is 5. The zero-order valence-electron chi connectivity index (χ0n) is 30.3. The van der Waals surface area contributed by atoms with E-state index in [9.17, 15) is 0 Å². The van der Waals surface area contributed by atoms with Gasteiger partial charge in [-0.2, -0.15) is 0 Å². The van der Waals surface area contributed by atoms with E-state index < -0.39 is 0 Å². The highest BCUT2D eigenvalue weighted by molar-refractivity contribution is 6.19. The summed E-state index contributed by atoms with van der Waals surface area (Å²) in [5.41, 5.74) is 11.3. The van der Waals surface area contributed by atoms with Gasteiger partial charge in [0.25, 0.3) is 0 Å². The molecule has 4 aromatic heterocycles. The van der Waals surface area contributed by atoms with E-state index in [0.717, 1.165) is 99.2 Å². The van der Waals surface area contributed by atoms with Crippen LogP contribution >= 0.6 is 0 Å². The summed E-state index contributed by atoms with van der Waals surface area (Å²) in [7, 11) is 0. The predicted molar refractivity (Wildman–Crippen MR) is 229 cm³/mol. The highest BCUT2D eigenvalue weighted by Gasteiger charge is 2.23. The molecule has 57 heavy (non-hydrogen) atoms. The lowest BCUT2D eigenvalue weighted by Crippen LogP contribution is -2.00. The Morgan fingerprint density at radius 2 is 0.579 bits per heavy atom. The summed E-state index contributed by atoms with van der Waals surface area (Å²) in [6, 6.07) is 59.6. The quantitative estimate of drug-likeness (QED) is 0.175. The van der Waals surface area contributed by atoms with Gasteiger partial charge in [-0.15, -0.1) is 0 Å². The predicted octanol–water partition coefficient (Wildman–Crippen LogP) is 13.9. The summed E-state index contributed by atoms with van der Waals surface area (Å²) in [6.45, 7) is 0. The second kappa shape index (κ2) is 12.3. The van der Waals surface area contributed by atoms with Crippen LogP contribution in [0.2, 0.25) is 0 Å². The molecule has 0 atom stereocenters. The van der Waals surface area contributed by atoms with Crippen molar-refractivity contribution in [2.24, 2.45) is 0 Å². The Labute approximate surface area is 325 Å². The monoisotopic (exact) mass is 731 g/mol. The molecule has 0 saturated heterocycles. The lowest BCUT2D eigenvalue weighted by Gasteiger charge is -2.08. The van der Waals surface area contributed by atoms with Crippen LogP contribution in [0.15, 0.2) is 189 Å². The molecule has 12 aromatic rings. The molecule has 6 heteroatoms. The molecule has 266 valence electrons. The van der Waals surface area contributed by atoms with Crippen molar-refractivity contribution >= 4 is 65.8 Å². The average Bonchev–Trinajstić information content (AvgIpc) is 3.98. The number of furan rings is 3. The van der Waals surface area contributed by atoms with Gasteiger partial charge < -0.3 is 13.3 Å². The molecule has 0 aliphatic rings. The number of fused-ring (bicyclic) bond motifs is 9. The lowest BCUT2D eigenvalue weighted by atomic mass is 9.98. The molecule has 0 N–H and O–H groups in total. The van der Waals surface area contributed by atoms with Gasteiger partial charge in [-0.3, -0.25) is 0 Å². The van der Waals surface area contributed by atoms with Crippen LogP contribution in [-0.4, -0.2) is 15.0 Å². The molecule has 0 aliphatic heterocycles. The van der Waals surface area contributed by atoms with Gasteiger partial charge in [-0.05, 0) is 12.1 Å². The third-order valence-electron chi connectivity index (χ3n) is 11.0. The van der Waals surface area contributed by atoms with Crippen LogP contribution in [0.5, 0.6) is 0 Å². The number of aromatic nitrogens is 3. The van der Waals surface area contributed by atoms with Crippen LogP contribution in [0.1, 0.15) is 0 Å². The van der Waals surface area contributed by atoms with Crippen molar-refractivity contribution in [1.82, 2.24) is 15.0 Å². The standard InChI is InChI=1S/C51H29N3O3/c1-3-14-30(15-4-1)49-52-50(31-16-5-2-6-17-31)54-51(53-49)42-28-13-27-41-40-26-12-25-39(47(40)57-48(41)42)38-24-11-23-37-36-22-10-21-35(45(36)56-46(37)38)34-20-9-19-33-32-18-7-8-29-43(32)55-44(33)34/h1-29H. The van der Waals surface area contributed by atoms with E-state index in [4.69, 9.17) is 28.2 Å². The van der Waals surface area contributed by atoms with Gasteiger partial charge >= 0.3 is 0 Å². The topological polar surface area (TPSA) is 78.1 Å². The zero-order chi connectivity index (χ0) is 37.5. The van der Waals surface area contributed by atoms with Gasteiger partial charge in [0.2, 0.25) is 0 Å². The third-order valence-corrected chi connectivity index (χ3v) is 11.0. The maximum Gasteiger partial charge on any atom is 0.167 e. The Balaban J connectivity index is 1.05. The maximum atomic E-state index is 6.96. The first-order valence-corrected chi connectivity index (χ1v) is 18.9. The van der Waals surface area contributed by atoms with Crippen LogP contribution in [-0.2, 0) is 0 Å². The molecule has 0 spiro atoms. The Bertz CT molecular complexity index is 3470. The Kier molecular flexibility index (Phi) is 6.83. The maximum absolute atomic E-state index is 6.96. The Morgan fingerprint density at radius 1 is 0.246 bits per heavy atom. The average molecular weight is 732 g/mol. The van der Waals surface area contributed by atoms with Crippen molar-refractivity contribution in [2.75, 3.05) is 0 Å². The van der Waals surface area contributed by atoms with Crippen LogP contribution in [0, 0.1) is 0 Å². The number of para-hydroxylation sites is 6. The molecule has 4 heterocycles. The van der Waals surface area contributed by atoms with E-state index in [1.165, 1.54) is 0 Å². The number of hydrogen-bond donors (Lipinski definition) is 0. The SMILES string of the molecule is c1ccc(-c2nc(-c3ccccc3)nc(-c3cccc4c3oc3c(-c5cccc6c5oc5c(-c7cccc8c7oc7ccccc78)cccc56)cccc34)n2)cc1. The van der Waals surface area contributed by atoms with E-state index in [2.05, 4.69) is 84.9 Å². The van der Waals surface area contributed by atoms with Gasteiger partial charge in [-0.1, -0.05) is 164 Å². The molecule has 0 aliphatic carbocycles. The normalized spacial score (nSPS) is 11.9. The molecule has 0 saturated carbocycles. The summed E-state index contributed by atoms with van der Waals surface area (Å²) < 4.78 is 20.4. The summed E-state index contributed by atoms with van der Waals surface area (Å²) >= 11 is 0. The molecule has 12 rings (SSSR count). The van der Waals surface area contributed by atoms with Crippen LogP contribution < -0.4 is 0 Å². The van der Waals surface area contributed by atoms with Gasteiger partial charge in [0, 0.05) is 65.7 Å². The molecule has 0 fully saturated rings. The first-order valence-electron chi connectivity index (χ1n) is 18.9. The van der Waals surface area contributed by atoms with E-state index in [1.54, 1.807) is 0 Å². The summed E-state index contributed by atoms with van der Waals surface area (Å²) in [4.78, 5) is 15.0. The zero-order valence-corrected chi connectivity index (χ0v) is 30.3. The fourth-order valence-corrected chi connectivity index (χ4v) is 8.34. The minimum atomic E-state index is 0.542. The van der Waals surface area contributed by atoms with Crippen molar-refractivity contribution in [3.8, 4) is 56.4 Å². The number of benzene rings is 8. The molecular weight excluding hydrogens is 703 g/mol. The molecule has 8 aromatic carbocycles. The number of nitrogens with zero attached hydrogens (tertiary/aromatic N) is 3. The first kappa shape index (κ1) is 31.5. The molecule has 6 nitrogen and oxygen atoms in total. The van der Waals surface area contributed by atoms with Crippen molar-refractivity contribution < 1.29 is 13.3 Å². The van der Waals surface area contributed by atoms with Gasteiger partial charge in [-0.25, -0.2) is 15.0 Å². The van der Waals surface area contributed by atoms with Crippen LogP contribution in [0.25, 0.3) is 122 Å². The number of hydrogen-bond acceptors (Lipinski definition) is 6. The van der Waals surface area contributed by atoms with Crippen molar-refractivity contribution in [2.45, 2.75) is 0 Å². The van der Waals surface area contributed by atoms with Gasteiger partial charge in [0.15, 0.2) is 17.5 Å². The van der Waals surface area contributed by atoms with E-state index in [0.29, 0.717) is 23.1 Å².